The molecule has 1 atom stereocenters. The Hall–Kier alpha value is -2.63. The zero-order valence-electron chi connectivity index (χ0n) is 19.7. The van der Waals surface area contributed by atoms with Gasteiger partial charge in [-0.25, -0.2) is 9.79 Å². The number of esters is 1. The fraction of sp³-hybridized carbons (Fsp3) is 0.292. The van der Waals surface area contributed by atoms with Gasteiger partial charge in [-0.15, -0.1) is 0 Å². The maximum Gasteiger partial charge on any atom is 0.338 e. The Bertz CT molecular complexity index is 1520. The molecule has 0 unspecified atom stereocenters. The average Bonchev–Trinajstić information content (AvgIpc) is 3.32. The number of carbonyl (C=O) groups is 1. The molecule has 35 heavy (non-hydrogen) atoms. The molecule has 11 heteroatoms. The van der Waals surface area contributed by atoms with Gasteiger partial charge in [-0.2, -0.15) is 0 Å². The zero-order valence-corrected chi connectivity index (χ0v) is 23.7. The van der Waals surface area contributed by atoms with Crippen LogP contribution in [0.3, 0.4) is 0 Å². The highest BCUT2D eigenvalue weighted by molar-refractivity contribution is 9.11. The number of aromatic nitrogens is 1. The summed E-state index contributed by atoms with van der Waals surface area (Å²) >= 11 is 8.24. The standard InChI is InChI=1S/C24H23Br2N3O5S/c1-6-33-23(31)19-12(2)27-24-29(20(19)13-7-8-17(32-5)15(25)9-13)21(30)18(35-24)11-14-10-16(26)22(34-14)28(3)4/h7-11,20H,6H2,1-5H3/b18-11+/t20-/m1/s1. The first-order valence-electron chi connectivity index (χ1n) is 10.7. The number of carbonyl (C=O) groups excluding carboxylic acids is 1. The number of halogens is 2. The lowest BCUT2D eigenvalue weighted by molar-refractivity contribution is -0.139. The molecule has 0 saturated carbocycles. The normalized spacial score (nSPS) is 15.6. The van der Waals surface area contributed by atoms with Crippen LogP contribution in [0.15, 0.2) is 58.7 Å². The predicted octanol–water partition coefficient (Wildman–Crippen LogP) is 3.99. The Morgan fingerprint density at radius 2 is 2.03 bits per heavy atom. The largest absolute Gasteiger partial charge is 0.496 e. The summed E-state index contributed by atoms with van der Waals surface area (Å²) in [4.78, 5) is 33.6. The quantitative estimate of drug-likeness (QED) is 0.386. The molecule has 0 N–H and O–H groups in total. The number of anilines is 1. The summed E-state index contributed by atoms with van der Waals surface area (Å²) in [5.74, 6) is 1.30. The van der Waals surface area contributed by atoms with Crippen molar-refractivity contribution in [3.8, 4) is 5.75 Å². The number of ether oxygens (including phenoxy) is 2. The molecule has 0 fully saturated rings. The number of methoxy groups -OCH3 is 1. The van der Waals surface area contributed by atoms with E-state index >= 15 is 0 Å². The number of fused-ring (bicyclic) bond motifs is 1. The van der Waals surface area contributed by atoms with E-state index in [-0.39, 0.29) is 12.2 Å². The van der Waals surface area contributed by atoms with Crippen molar-refractivity contribution in [3.63, 3.8) is 0 Å². The maximum atomic E-state index is 13.7. The number of nitrogens with zero attached hydrogens (tertiary/aromatic N) is 3. The second-order valence-electron chi connectivity index (χ2n) is 7.89. The number of benzene rings is 1. The van der Waals surface area contributed by atoms with Gasteiger partial charge in [0.1, 0.15) is 11.5 Å². The molecule has 0 radical (unpaired) electrons. The highest BCUT2D eigenvalue weighted by Crippen LogP contribution is 2.35. The number of rotatable bonds is 6. The topological polar surface area (TPSA) is 86.3 Å². The molecule has 3 heterocycles. The average molecular weight is 625 g/mol. The Kier molecular flexibility index (Phi) is 7.39. The molecule has 1 aromatic carbocycles. The van der Waals surface area contributed by atoms with Gasteiger partial charge in [0.2, 0.25) is 5.88 Å². The van der Waals surface area contributed by atoms with Crippen LogP contribution in [0.25, 0.3) is 6.08 Å². The second kappa shape index (κ2) is 10.2. The number of thiazole rings is 1. The van der Waals surface area contributed by atoms with Crippen LogP contribution in [0.2, 0.25) is 0 Å². The third-order valence-corrected chi connectivity index (χ3v) is 7.55. The Balaban J connectivity index is 1.94. The van der Waals surface area contributed by atoms with E-state index in [0.29, 0.717) is 42.5 Å². The molecule has 0 amide bonds. The van der Waals surface area contributed by atoms with Gasteiger partial charge in [-0.05, 0) is 63.4 Å². The predicted molar refractivity (Wildman–Crippen MR) is 142 cm³/mol. The smallest absolute Gasteiger partial charge is 0.338 e. The minimum absolute atomic E-state index is 0.209. The van der Waals surface area contributed by atoms with Gasteiger partial charge in [-0.3, -0.25) is 9.36 Å². The molecule has 4 rings (SSSR count). The van der Waals surface area contributed by atoms with Gasteiger partial charge < -0.3 is 18.8 Å². The molecule has 1 aliphatic heterocycles. The van der Waals surface area contributed by atoms with E-state index in [9.17, 15) is 9.59 Å². The van der Waals surface area contributed by atoms with Crippen molar-refractivity contribution in [1.82, 2.24) is 4.57 Å². The molecule has 0 bridgehead atoms. The Morgan fingerprint density at radius 3 is 2.63 bits per heavy atom. The first kappa shape index (κ1) is 25.5. The summed E-state index contributed by atoms with van der Waals surface area (Å²) in [6.45, 7) is 3.70. The van der Waals surface area contributed by atoms with Gasteiger partial charge in [-0.1, -0.05) is 17.4 Å². The van der Waals surface area contributed by atoms with E-state index in [2.05, 4.69) is 36.9 Å². The van der Waals surface area contributed by atoms with Crippen LogP contribution < -0.4 is 24.5 Å². The first-order chi connectivity index (χ1) is 16.7. The van der Waals surface area contributed by atoms with Crippen molar-refractivity contribution < 1.29 is 18.7 Å². The van der Waals surface area contributed by atoms with E-state index in [1.807, 2.05) is 31.1 Å². The van der Waals surface area contributed by atoms with Crippen LogP contribution in [0.1, 0.15) is 31.2 Å². The third kappa shape index (κ3) is 4.76. The lowest BCUT2D eigenvalue weighted by Crippen LogP contribution is -2.39. The molecule has 3 aromatic rings. The highest BCUT2D eigenvalue weighted by Gasteiger charge is 2.33. The van der Waals surface area contributed by atoms with Crippen molar-refractivity contribution >= 4 is 61.1 Å². The van der Waals surface area contributed by atoms with Crippen molar-refractivity contribution in [1.29, 1.82) is 0 Å². The third-order valence-electron chi connectivity index (χ3n) is 5.38. The lowest BCUT2D eigenvalue weighted by Gasteiger charge is -2.25. The van der Waals surface area contributed by atoms with Gasteiger partial charge in [0.15, 0.2) is 4.80 Å². The van der Waals surface area contributed by atoms with E-state index in [1.165, 1.54) is 15.9 Å². The maximum absolute atomic E-state index is 13.7. The molecule has 1 aliphatic rings. The zero-order chi connectivity index (χ0) is 25.4. The Labute approximate surface area is 222 Å². The molecule has 0 spiro atoms. The molecule has 8 nitrogen and oxygen atoms in total. The fourth-order valence-corrected chi connectivity index (χ4v) is 6.09. The van der Waals surface area contributed by atoms with Crippen molar-refractivity contribution in [2.45, 2.75) is 19.9 Å². The van der Waals surface area contributed by atoms with Crippen molar-refractivity contribution in [3.05, 3.63) is 75.5 Å². The number of furan rings is 1. The molecular weight excluding hydrogens is 602 g/mol. The molecular formula is C24H23Br2N3O5S. The summed E-state index contributed by atoms with van der Waals surface area (Å²) in [6.07, 6.45) is 1.69. The van der Waals surface area contributed by atoms with E-state index in [1.54, 1.807) is 39.2 Å². The van der Waals surface area contributed by atoms with Gasteiger partial charge in [0.25, 0.3) is 5.56 Å². The van der Waals surface area contributed by atoms with Crippen LogP contribution in [-0.2, 0) is 9.53 Å². The van der Waals surface area contributed by atoms with Crippen LogP contribution >= 0.6 is 43.2 Å². The lowest BCUT2D eigenvalue weighted by atomic mass is 9.96. The van der Waals surface area contributed by atoms with E-state index in [4.69, 9.17) is 13.9 Å². The molecule has 184 valence electrons. The van der Waals surface area contributed by atoms with Crippen LogP contribution in [0, 0.1) is 0 Å². The first-order valence-corrected chi connectivity index (χ1v) is 13.1. The second-order valence-corrected chi connectivity index (χ2v) is 10.6. The van der Waals surface area contributed by atoms with Gasteiger partial charge >= 0.3 is 5.97 Å². The Morgan fingerprint density at radius 1 is 1.29 bits per heavy atom. The number of allylic oxidation sites excluding steroid dienone is 1. The molecule has 0 saturated heterocycles. The number of hydrogen-bond donors (Lipinski definition) is 0. The van der Waals surface area contributed by atoms with Crippen molar-refractivity contribution in [2.24, 2.45) is 4.99 Å². The molecule has 0 aliphatic carbocycles. The summed E-state index contributed by atoms with van der Waals surface area (Å²) in [7, 11) is 5.31. The van der Waals surface area contributed by atoms with Crippen LogP contribution in [0.4, 0.5) is 5.88 Å². The minimum Gasteiger partial charge on any atom is -0.496 e. The number of hydrogen-bond acceptors (Lipinski definition) is 8. The summed E-state index contributed by atoms with van der Waals surface area (Å²) in [6, 6.07) is 6.55. The van der Waals surface area contributed by atoms with Crippen LogP contribution in [-0.4, -0.2) is 38.3 Å². The fourth-order valence-electron chi connectivity index (χ4n) is 3.84. The molecule has 2 aromatic heterocycles. The van der Waals surface area contributed by atoms with E-state index < -0.39 is 12.0 Å². The summed E-state index contributed by atoms with van der Waals surface area (Å²) in [5.41, 5.74) is 1.26. The summed E-state index contributed by atoms with van der Waals surface area (Å²) in [5, 5.41) is 0. The van der Waals surface area contributed by atoms with Crippen molar-refractivity contribution in [2.75, 3.05) is 32.7 Å². The summed E-state index contributed by atoms with van der Waals surface area (Å²) < 4.78 is 20.0. The van der Waals surface area contributed by atoms with Gasteiger partial charge in [0.05, 0.1) is 44.5 Å². The van der Waals surface area contributed by atoms with Crippen LogP contribution in [0.5, 0.6) is 5.75 Å². The van der Waals surface area contributed by atoms with Gasteiger partial charge in [0, 0.05) is 26.2 Å². The SMILES string of the molecule is CCOC(=O)C1=C(C)N=c2s/c(=C/c3cc(Br)c(N(C)C)o3)c(=O)n2[C@@H]1c1ccc(OC)c(Br)c1. The van der Waals surface area contributed by atoms with E-state index in [0.717, 1.165) is 10.0 Å². The monoisotopic (exact) mass is 623 g/mol. The minimum atomic E-state index is -0.713. The highest BCUT2D eigenvalue weighted by atomic mass is 79.9.